The number of likely N-dealkylation sites (N-methyl/N-ethyl adjacent to an activating group) is 1. The first-order valence-electron chi connectivity index (χ1n) is 11.6. The number of benzene rings is 1. The number of anilines is 1. The second-order valence-electron chi connectivity index (χ2n) is 9.34. The fourth-order valence-corrected chi connectivity index (χ4v) is 5.72. The molecule has 3 atom stereocenters. The number of piperidine rings is 1. The molecule has 164 valence electrons. The van der Waals surface area contributed by atoms with Crippen LogP contribution in [-0.4, -0.2) is 65.1 Å². The highest BCUT2D eigenvalue weighted by Crippen LogP contribution is 2.50. The fourth-order valence-electron chi connectivity index (χ4n) is 5.72. The molecule has 1 aromatic heterocycles. The van der Waals surface area contributed by atoms with Gasteiger partial charge in [0.15, 0.2) is 0 Å². The van der Waals surface area contributed by atoms with Gasteiger partial charge in [0, 0.05) is 31.4 Å². The van der Waals surface area contributed by atoms with Gasteiger partial charge in [0.2, 0.25) is 0 Å². The first-order chi connectivity index (χ1) is 15.1. The van der Waals surface area contributed by atoms with E-state index >= 15 is 0 Å². The van der Waals surface area contributed by atoms with E-state index in [1.807, 2.05) is 37.4 Å². The molecular weight excluding hydrogens is 388 g/mol. The summed E-state index contributed by atoms with van der Waals surface area (Å²) in [7, 11) is 1.98. The Hall–Kier alpha value is -2.44. The molecule has 1 saturated carbocycles. The average Bonchev–Trinajstić information content (AvgIpc) is 3.29. The van der Waals surface area contributed by atoms with Crippen LogP contribution in [0.2, 0.25) is 0 Å². The summed E-state index contributed by atoms with van der Waals surface area (Å²) in [6.45, 7) is 4.29. The molecule has 0 bridgehead atoms. The molecule has 6 heteroatoms. The molecule has 3 unspecified atom stereocenters. The van der Waals surface area contributed by atoms with Crippen molar-refractivity contribution >= 4 is 11.8 Å². The first-order valence-corrected chi connectivity index (χ1v) is 11.6. The van der Waals surface area contributed by atoms with Crippen LogP contribution >= 0.6 is 0 Å². The van der Waals surface area contributed by atoms with Gasteiger partial charge < -0.3 is 15.3 Å². The Labute approximate surface area is 184 Å². The van der Waals surface area contributed by atoms with Gasteiger partial charge >= 0.3 is 5.97 Å². The van der Waals surface area contributed by atoms with Crippen molar-refractivity contribution in [2.24, 2.45) is 11.8 Å². The monoisotopic (exact) mass is 420 g/mol. The maximum atomic E-state index is 12.0. The summed E-state index contributed by atoms with van der Waals surface area (Å²) in [5, 5.41) is 13.2. The van der Waals surface area contributed by atoms with Crippen molar-refractivity contribution in [3.05, 3.63) is 59.3 Å². The third-order valence-electron chi connectivity index (χ3n) is 7.31. The largest absolute Gasteiger partial charge is 0.480 e. The standard InChI is InChI=1S/C25H32N4O2/c1-28(22(25(30)31)17-7-3-2-4-8-17)23-20-15-29(16-21(20)23)14-6-10-19-12-11-18-9-5-13-26-24(18)27-19/h2-4,7-8,11-12,20-23H,5-6,9-10,13-16H2,1H3,(H,26,27)(H,30,31). The van der Waals surface area contributed by atoms with E-state index in [4.69, 9.17) is 4.98 Å². The van der Waals surface area contributed by atoms with Gasteiger partial charge in [0.1, 0.15) is 11.9 Å². The Kier molecular flexibility index (Phi) is 5.67. The van der Waals surface area contributed by atoms with Crippen LogP contribution in [0.1, 0.15) is 35.7 Å². The van der Waals surface area contributed by atoms with Crippen molar-refractivity contribution in [1.82, 2.24) is 14.8 Å². The third kappa shape index (κ3) is 4.19. The van der Waals surface area contributed by atoms with Gasteiger partial charge in [-0.05, 0) is 68.3 Å². The van der Waals surface area contributed by atoms with Gasteiger partial charge in [-0.1, -0.05) is 36.4 Å². The molecule has 0 amide bonds. The van der Waals surface area contributed by atoms with Gasteiger partial charge in [-0.15, -0.1) is 0 Å². The highest BCUT2D eigenvalue weighted by atomic mass is 16.4. The van der Waals surface area contributed by atoms with Gasteiger partial charge in [0.25, 0.3) is 0 Å². The maximum absolute atomic E-state index is 12.0. The molecule has 2 N–H and O–H groups in total. The van der Waals surface area contributed by atoms with E-state index in [2.05, 4.69) is 27.2 Å². The van der Waals surface area contributed by atoms with E-state index in [9.17, 15) is 9.90 Å². The van der Waals surface area contributed by atoms with Crippen molar-refractivity contribution < 1.29 is 9.90 Å². The number of carbonyl (C=O) groups is 1. The number of fused-ring (bicyclic) bond motifs is 2. The van der Waals surface area contributed by atoms with E-state index in [1.165, 1.54) is 17.7 Å². The maximum Gasteiger partial charge on any atom is 0.325 e. The van der Waals surface area contributed by atoms with Crippen molar-refractivity contribution in [2.45, 2.75) is 37.8 Å². The molecule has 2 aliphatic heterocycles. The molecule has 2 fully saturated rings. The predicted molar refractivity (Wildman–Crippen MR) is 121 cm³/mol. The molecule has 5 rings (SSSR count). The highest BCUT2D eigenvalue weighted by Gasteiger charge is 2.58. The molecule has 0 radical (unpaired) electrons. The third-order valence-corrected chi connectivity index (χ3v) is 7.31. The number of rotatable bonds is 8. The number of nitrogens with one attached hydrogen (secondary N) is 1. The molecule has 0 spiro atoms. The number of carboxylic acid groups (broad SMARTS) is 1. The molecule has 31 heavy (non-hydrogen) atoms. The van der Waals surface area contributed by atoms with Crippen LogP contribution in [0, 0.1) is 11.8 Å². The molecule has 1 aromatic carbocycles. The van der Waals surface area contributed by atoms with Crippen molar-refractivity contribution in [2.75, 3.05) is 38.5 Å². The van der Waals surface area contributed by atoms with Gasteiger partial charge in [-0.2, -0.15) is 0 Å². The van der Waals surface area contributed by atoms with Crippen molar-refractivity contribution in [1.29, 1.82) is 0 Å². The van der Waals surface area contributed by atoms with Crippen LogP contribution < -0.4 is 5.32 Å². The van der Waals surface area contributed by atoms with E-state index in [1.54, 1.807) is 0 Å². The summed E-state index contributed by atoms with van der Waals surface area (Å²) in [4.78, 5) is 21.4. The molecule has 6 nitrogen and oxygen atoms in total. The summed E-state index contributed by atoms with van der Waals surface area (Å²) in [6, 6.07) is 13.9. The Bertz CT molecular complexity index is 922. The summed E-state index contributed by atoms with van der Waals surface area (Å²) in [5.74, 6) is 1.52. The minimum Gasteiger partial charge on any atom is -0.480 e. The van der Waals surface area contributed by atoms with E-state index in [0.717, 1.165) is 56.8 Å². The van der Waals surface area contributed by atoms with E-state index in [0.29, 0.717) is 17.9 Å². The number of nitrogens with zero attached hydrogens (tertiary/aromatic N) is 3. The molecule has 3 aliphatic rings. The lowest BCUT2D eigenvalue weighted by molar-refractivity contribution is -0.143. The molecule has 1 aliphatic carbocycles. The normalized spacial score (nSPS) is 25.5. The lowest BCUT2D eigenvalue weighted by Gasteiger charge is -2.29. The minimum absolute atomic E-state index is 0.381. The summed E-state index contributed by atoms with van der Waals surface area (Å²) in [6.07, 6.45) is 4.46. The van der Waals surface area contributed by atoms with Crippen LogP contribution in [0.4, 0.5) is 5.82 Å². The number of carboxylic acids is 1. The summed E-state index contributed by atoms with van der Waals surface area (Å²) >= 11 is 0. The Balaban J connectivity index is 1.11. The van der Waals surface area contributed by atoms with Crippen LogP contribution in [0.3, 0.4) is 0 Å². The van der Waals surface area contributed by atoms with E-state index < -0.39 is 12.0 Å². The van der Waals surface area contributed by atoms with Gasteiger partial charge in [-0.3, -0.25) is 9.69 Å². The number of likely N-dealkylation sites (tertiary alicyclic amines) is 1. The molecule has 2 aromatic rings. The zero-order chi connectivity index (χ0) is 21.4. The average molecular weight is 421 g/mol. The highest BCUT2D eigenvalue weighted by molar-refractivity contribution is 5.75. The number of pyridine rings is 1. The second kappa shape index (κ2) is 8.60. The minimum atomic E-state index is -0.762. The summed E-state index contributed by atoms with van der Waals surface area (Å²) in [5.41, 5.74) is 3.40. The summed E-state index contributed by atoms with van der Waals surface area (Å²) < 4.78 is 0. The smallest absolute Gasteiger partial charge is 0.325 e. The lowest BCUT2D eigenvalue weighted by atomic mass is 10.1. The van der Waals surface area contributed by atoms with Crippen LogP contribution in [0.15, 0.2) is 42.5 Å². The van der Waals surface area contributed by atoms with Crippen molar-refractivity contribution in [3.8, 4) is 0 Å². The second-order valence-corrected chi connectivity index (χ2v) is 9.34. The lowest BCUT2D eigenvalue weighted by Crippen LogP contribution is -2.38. The quantitative estimate of drug-likeness (QED) is 0.684. The number of aryl methyl sites for hydroxylation is 2. The molecular formula is C25H32N4O2. The number of hydrogen-bond donors (Lipinski definition) is 2. The van der Waals surface area contributed by atoms with Crippen molar-refractivity contribution in [3.63, 3.8) is 0 Å². The molecule has 1 saturated heterocycles. The number of aromatic nitrogens is 1. The first kappa shape index (κ1) is 20.5. The Morgan fingerprint density at radius 3 is 2.74 bits per heavy atom. The van der Waals surface area contributed by atoms with Gasteiger partial charge in [-0.25, -0.2) is 4.98 Å². The molecule has 3 heterocycles. The number of aliphatic carboxylic acids is 1. The fraction of sp³-hybridized carbons (Fsp3) is 0.520. The van der Waals surface area contributed by atoms with Crippen LogP contribution in [0.5, 0.6) is 0 Å². The topological polar surface area (TPSA) is 68.7 Å². The van der Waals surface area contributed by atoms with Gasteiger partial charge in [0.05, 0.1) is 0 Å². The zero-order valence-electron chi connectivity index (χ0n) is 18.2. The Morgan fingerprint density at radius 1 is 1.23 bits per heavy atom. The van der Waals surface area contributed by atoms with E-state index in [-0.39, 0.29) is 0 Å². The van der Waals surface area contributed by atoms with Crippen LogP contribution in [-0.2, 0) is 17.6 Å². The Morgan fingerprint density at radius 2 is 2.00 bits per heavy atom. The zero-order valence-corrected chi connectivity index (χ0v) is 18.2. The predicted octanol–water partition coefficient (Wildman–Crippen LogP) is 3.06. The SMILES string of the molecule is CN(C(C(=O)O)c1ccccc1)C1C2CN(CCCc3ccc4c(n3)NCCC4)CC21. The number of hydrogen-bond acceptors (Lipinski definition) is 5. The van der Waals surface area contributed by atoms with Crippen LogP contribution in [0.25, 0.3) is 0 Å².